The third kappa shape index (κ3) is 5.47. The van der Waals surface area contributed by atoms with E-state index in [0.717, 1.165) is 4.31 Å². The highest BCUT2D eigenvalue weighted by Crippen LogP contribution is 2.17. The Balaban J connectivity index is 4.22. The number of hydrogen-bond acceptors (Lipinski definition) is 2. The van der Waals surface area contributed by atoms with Gasteiger partial charge in [0.2, 0.25) is 0 Å². The Hall–Kier alpha value is 0.200. The van der Waals surface area contributed by atoms with E-state index in [-0.39, 0.29) is 5.41 Å². The highest BCUT2D eigenvalue weighted by Gasteiger charge is 2.20. The van der Waals surface area contributed by atoms with E-state index in [1.807, 2.05) is 20.8 Å². The van der Waals surface area contributed by atoms with E-state index in [4.69, 9.17) is 10.7 Å². The first kappa shape index (κ1) is 11.2. The second kappa shape index (κ2) is 3.29. The van der Waals surface area contributed by atoms with E-state index >= 15 is 0 Å². The minimum Gasteiger partial charge on any atom is -0.195 e. The van der Waals surface area contributed by atoms with Crippen LogP contribution in [0.3, 0.4) is 0 Å². The number of hydrogen-bond donors (Lipinski definition) is 0. The molecule has 68 valence electrons. The van der Waals surface area contributed by atoms with Gasteiger partial charge in [0.25, 0.3) is 9.24 Å². The lowest BCUT2D eigenvalue weighted by molar-refractivity contribution is 0.314. The molecule has 0 fully saturated rings. The zero-order valence-electron chi connectivity index (χ0n) is 7.26. The van der Waals surface area contributed by atoms with Gasteiger partial charge in [-0.2, -0.15) is 12.7 Å². The molecule has 0 aromatic carbocycles. The largest absolute Gasteiger partial charge is 0.299 e. The molecule has 0 bridgehead atoms. The summed E-state index contributed by atoms with van der Waals surface area (Å²) in [5.41, 5.74) is -0.0588. The molecule has 0 aromatic heterocycles. The predicted molar refractivity (Wildman–Crippen MR) is 46.9 cm³/mol. The molecule has 0 saturated heterocycles. The van der Waals surface area contributed by atoms with Crippen LogP contribution in [0.2, 0.25) is 0 Å². The molecule has 0 spiro atoms. The molecule has 0 aliphatic rings. The van der Waals surface area contributed by atoms with E-state index < -0.39 is 9.24 Å². The summed E-state index contributed by atoms with van der Waals surface area (Å²) in [6.45, 7) is 6.28. The maximum Gasteiger partial charge on any atom is 0.299 e. The van der Waals surface area contributed by atoms with Crippen molar-refractivity contribution >= 4 is 19.9 Å². The van der Waals surface area contributed by atoms with Crippen LogP contribution in [0, 0.1) is 5.41 Å². The molecule has 0 N–H and O–H groups in total. The molecule has 11 heavy (non-hydrogen) atoms. The summed E-state index contributed by atoms with van der Waals surface area (Å²) in [7, 11) is 3.02. The first-order chi connectivity index (χ1) is 4.63. The van der Waals surface area contributed by atoms with Crippen LogP contribution in [0.15, 0.2) is 0 Å². The van der Waals surface area contributed by atoms with Crippen LogP contribution in [-0.2, 0) is 9.24 Å². The molecular weight excluding hydrogens is 186 g/mol. The number of nitrogens with zero attached hydrogens (tertiary/aromatic N) is 1. The zero-order chi connectivity index (χ0) is 9.28. The van der Waals surface area contributed by atoms with E-state index in [0.29, 0.717) is 6.54 Å². The van der Waals surface area contributed by atoms with Crippen molar-refractivity contribution in [1.29, 1.82) is 0 Å². The third-order valence-electron chi connectivity index (χ3n) is 1.07. The molecule has 0 aliphatic heterocycles. The topological polar surface area (TPSA) is 37.4 Å². The average Bonchev–Trinajstić information content (AvgIpc) is 1.56. The second-order valence-electron chi connectivity index (χ2n) is 3.76. The van der Waals surface area contributed by atoms with E-state index in [1.54, 1.807) is 0 Å². The predicted octanol–water partition coefficient (Wildman–Crippen LogP) is 1.45. The fourth-order valence-electron chi connectivity index (χ4n) is 0.745. The second-order valence-corrected chi connectivity index (χ2v) is 6.38. The molecule has 0 rings (SSSR count). The van der Waals surface area contributed by atoms with Gasteiger partial charge in [0, 0.05) is 24.3 Å². The molecule has 0 unspecified atom stereocenters. The quantitative estimate of drug-likeness (QED) is 0.632. The highest BCUT2D eigenvalue weighted by atomic mass is 35.7. The maximum absolute atomic E-state index is 10.7. The molecule has 0 saturated carbocycles. The van der Waals surface area contributed by atoms with Crippen molar-refractivity contribution in [2.45, 2.75) is 20.8 Å². The van der Waals surface area contributed by atoms with Crippen LogP contribution in [0.25, 0.3) is 0 Å². The summed E-state index contributed by atoms with van der Waals surface area (Å²) in [4.78, 5) is 0. The summed E-state index contributed by atoms with van der Waals surface area (Å²) < 4.78 is 22.5. The van der Waals surface area contributed by atoms with Gasteiger partial charge in [-0.05, 0) is 5.41 Å². The lowest BCUT2D eigenvalue weighted by Crippen LogP contribution is -2.31. The molecule has 0 heterocycles. The van der Waals surface area contributed by atoms with Crippen molar-refractivity contribution in [3.8, 4) is 0 Å². The van der Waals surface area contributed by atoms with Crippen molar-refractivity contribution in [3.05, 3.63) is 0 Å². The molecule has 0 radical (unpaired) electrons. The van der Waals surface area contributed by atoms with Gasteiger partial charge in [0.15, 0.2) is 0 Å². The summed E-state index contributed by atoms with van der Waals surface area (Å²) in [5, 5.41) is 0. The lowest BCUT2D eigenvalue weighted by Gasteiger charge is -2.23. The van der Waals surface area contributed by atoms with E-state index in [2.05, 4.69) is 0 Å². The maximum atomic E-state index is 10.7. The van der Waals surface area contributed by atoms with Crippen molar-refractivity contribution in [3.63, 3.8) is 0 Å². The monoisotopic (exact) mass is 199 g/mol. The average molecular weight is 200 g/mol. The summed E-state index contributed by atoms with van der Waals surface area (Å²) in [6.07, 6.45) is 0. The van der Waals surface area contributed by atoms with Gasteiger partial charge in [0.05, 0.1) is 0 Å². The lowest BCUT2D eigenvalue weighted by atomic mass is 9.97. The highest BCUT2D eigenvalue weighted by molar-refractivity contribution is 8.11. The Kier molecular flexibility index (Phi) is 3.35. The molecule has 0 atom stereocenters. The zero-order valence-corrected chi connectivity index (χ0v) is 8.83. The van der Waals surface area contributed by atoms with Crippen LogP contribution in [-0.4, -0.2) is 26.3 Å². The van der Waals surface area contributed by atoms with E-state index in [1.165, 1.54) is 7.05 Å². The summed E-state index contributed by atoms with van der Waals surface area (Å²) >= 11 is 0. The minimum atomic E-state index is -3.53. The Morgan fingerprint density at radius 2 is 1.73 bits per heavy atom. The van der Waals surface area contributed by atoms with Crippen LogP contribution in [0.4, 0.5) is 0 Å². The molecule has 0 amide bonds. The molecule has 3 nitrogen and oxygen atoms in total. The molecule has 0 aliphatic carbocycles. The third-order valence-corrected chi connectivity index (χ3v) is 2.65. The Bertz CT molecular complexity index is 217. The summed E-state index contributed by atoms with van der Waals surface area (Å²) in [5.74, 6) is 0. The first-order valence-electron chi connectivity index (χ1n) is 3.29. The van der Waals surface area contributed by atoms with Crippen LogP contribution < -0.4 is 0 Å². The van der Waals surface area contributed by atoms with Gasteiger partial charge < -0.3 is 0 Å². The molecule has 0 aromatic rings. The fraction of sp³-hybridized carbons (Fsp3) is 1.00. The molecular formula is C6H14ClNO2S. The van der Waals surface area contributed by atoms with Crippen LogP contribution in [0.5, 0.6) is 0 Å². The van der Waals surface area contributed by atoms with Gasteiger partial charge in [-0.3, -0.25) is 0 Å². The van der Waals surface area contributed by atoms with Gasteiger partial charge in [-0.1, -0.05) is 20.8 Å². The smallest absolute Gasteiger partial charge is 0.195 e. The Labute approximate surface area is 72.9 Å². The van der Waals surface area contributed by atoms with Crippen molar-refractivity contribution < 1.29 is 8.42 Å². The number of rotatable bonds is 2. The van der Waals surface area contributed by atoms with E-state index in [9.17, 15) is 8.42 Å². The minimum absolute atomic E-state index is 0.0588. The van der Waals surface area contributed by atoms with Crippen molar-refractivity contribution in [1.82, 2.24) is 4.31 Å². The first-order valence-corrected chi connectivity index (χ1v) is 5.55. The molecule has 5 heteroatoms. The normalized spacial score (nSPS) is 14.0. The van der Waals surface area contributed by atoms with Gasteiger partial charge in [-0.15, -0.1) is 0 Å². The van der Waals surface area contributed by atoms with Crippen molar-refractivity contribution in [2.75, 3.05) is 13.6 Å². The van der Waals surface area contributed by atoms with Crippen LogP contribution >= 0.6 is 10.7 Å². The number of halogens is 1. The summed E-state index contributed by atoms with van der Waals surface area (Å²) in [6, 6.07) is 0. The Morgan fingerprint density at radius 3 is 1.82 bits per heavy atom. The van der Waals surface area contributed by atoms with Crippen molar-refractivity contribution in [2.24, 2.45) is 5.41 Å². The van der Waals surface area contributed by atoms with Gasteiger partial charge in [0.1, 0.15) is 0 Å². The standard InChI is InChI=1S/C6H14ClNO2S/c1-6(2,3)5-8(4)11(7,9)10/h5H2,1-4H3. The van der Waals surface area contributed by atoms with Gasteiger partial charge in [-0.25, -0.2) is 0 Å². The fourth-order valence-corrected chi connectivity index (χ4v) is 1.43. The van der Waals surface area contributed by atoms with Crippen LogP contribution in [0.1, 0.15) is 20.8 Å². The Morgan fingerprint density at radius 1 is 1.36 bits per heavy atom. The SMILES string of the molecule is CN(CC(C)(C)C)S(=O)(=O)Cl. The van der Waals surface area contributed by atoms with Gasteiger partial charge >= 0.3 is 0 Å².